The van der Waals surface area contributed by atoms with Crippen LogP contribution in [0.4, 0.5) is 10.1 Å². The molecule has 0 aliphatic carbocycles. The van der Waals surface area contributed by atoms with Crippen molar-refractivity contribution >= 4 is 17.4 Å². The highest BCUT2D eigenvalue weighted by Crippen LogP contribution is 2.31. The van der Waals surface area contributed by atoms with E-state index < -0.39 is 0 Å². The van der Waals surface area contributed by atoms with Crippen molar-refractivity contribution in [3.05, 3.63) is 29.6 Å². The lowest BCUT2D eigenvalue weighted by Crippen LogP contribution is -2.45. The Balaban J connectivity index is 2.26. The maximum absolute atomic E-state index is 13.5. The number of hydrogen-bond acceptors (Lipinski definition) is 3. The van der Waals surface area contributed by atoms with E-state index in [0.717, 1.165) is 31.0 Å². The van der Waals surface area contributed by atoms with Crippen LogP contribution in [-0.2, 0) is 6.54 Å². The molecule has 2 nitrogen and oxygen atoms in total. The van der Waals surface area contributed by atoms with Crippen molar-refractivity contribution in [1.82, 2.24) is 5.32 Å². The predicted molar refractivity (Wildman–Crippen MR) is 82.5 cm³/mol. The molecule has 1 fully saturated rings. The highest BCUT2D eigenvalue weighted by molar-refractivity contribution is 8.00. The van der Waals surface area contributed by atoms with Crippen molar-refractivity contribution < 1.29 is 4.39 Å². The summed E-state index contributed by atoms with van der Waals surface area (Å²) >= 11 is 2.02. The first-order valence-corrected chi connectivity index (χ1v) is 8.05. The molecule has 0 spiro atoms. The van der Waals surface area contributed by atoms with Crippen molar-refractivity contribution in [3.63, 3.8) is 0 Å². The molecule has 0 saturated carbocycles. The topological polar surface area (TPSA) is 15.3 Å². The van der Waals surface area contributed by atoms with Gasteiger partial charge in [-0.1, -0.05) is 13.8 Å². The van der Waals surface area contributed by atoms with Gasteiger partial charge in [0.15, 0.2) is 0 Å². The Kier molecular flexibility index (Phi) is 5.11. The number of nitrogens with one attached hydrogen (secondary N) is 1. The van der Waals surface area contributed by atoms with E-state index >= 15 is 0 Å². The Hall–Kier alpha value is -0.740. The molecule has 1 aromatic carbocycles. The predicted octanol–water partition coefficient (Wildman–Crippen LogP) is 3.27. The van der Waals surface area contributed by atoms with Gasteiger partial charge in [0.1, 0.15) is 5.82 Å². The summed E-state index contributed by atoms with van der Waals surface area (Å²) in [7, 11) is 0. The van der Waals surface area contributed by atoms with Crippen LogP contribution >= 0.6 is 11.8 Å². The van der Waals surface area contributed by atoms with Crippen LogP contribution in [0.5, 0.6) is 0 Å². The van der Waals surface area contributed by atoms with Gasteiger partial charge in [-0.25, -0.2) is 4.39 Å². The second-order valence-electron chi connectivity index (χ2n) is 5.06. The zero-order valence-corrected chi connectivity index (χ0v) is 12.8. The number of nitrogens with zero attached hydrogens (tertiary/aromatic N) is 1. The number of hydrogen-bond donors (Lipinski definition) is 1. The summed E-state index contributed by atoms with van der Waals surface area (Å²) in [4.78, 5) is 2.42. The molecule has 0 bridgehead atoms. The number of benzene rings is 1. The fourth-order valence-electron chi connectivity index (χ4n) is 2.51. The van der Waals surface area contributed by atoms with E-state index in [-0.39, 0.29) is 5.82 Å². The molecular formula is C15H23FN2S. The first kappa shape index (κ1) is 14.7. The first-order valence-electron chi connectivity index (χ1n) is 7.01. The van der Waals surface area contributed by atoms with E-state index in [1.54, 1.807) is 12.1 Å². The standard InChI is InChI=1S/C15H23FN2S/c1-4-17-10-13-9-14(16)5-6-15(13)18-7-8-19-12(3)11(18)2/h5-6,9,11-12,17H,4,7-8,10H2,1-3H3. The van der Waals surface area contributed by atoms with Crippen LogP contribution in [0.1, 0.15) is 26.3 Å². The molecule has 1 aliphatic rings. The Labute approximate surface area is 119 Å². The summed E-state index contributed by atoms with van der Waals surface area (Å²) in [5.74, 6) is 0.993. The van der Waals surface area contributed by atoms with Gasteiger partial charge >= 0.3 is 0 Å². The van der Waals surface area contributed by atoms with Gasteiger partial charge in [-0.2, -0.15) is 11.8 Å². The maximum Gasteiger partial charge on any atom is 0.123 e. The SMILES string of the molecule is CCNCc1cc(F)ccc1N1CCSC(C)C1C. The average molecular weight is 282 g/mol. The van der Waals surface area contributed by atoms with Gasteiger partial charge in [-0.15, -0.1) is 0 Å². The second-order valence-corrected chi connectivity index (χ2v) is 6.55. The largest absolute Gasteiger partial charge is 0.367 e. The van der Waals surface area contributed by atoms with Gasteiger partial charge in [-0.05, 0) is 37.2 Å². The van der Waals surface area contributed by atoms with Crippen molar-refractivity contribution in [2.24, 2.45) is 0 Å². The lowest BCUT2D eigenvalue weighted by molar-refractivity contribution is 0.607. The zero-order chi connectivity index (χ0) is 13.8. The van der Waals surface area contributed by atoms with E-state index in [2.05, 4.69) is 31.0 Å². The third-order valence-electron chi connectivity index (χ3n) is 3.80. The highest BCUT2D eigenvalue weighted by Gasteiger charge is 2.26. The summed E-state index contributed by atoms with van der Waals surface area (Å²) in [6.07, 6.45) is 0. The molecule has 2 unspecified atom stereocenters. The van der Waals surface area contributed by atoms with Crippen LogP contribution in [0.2, 0.25) is 0 Å². The van der Waals surface area contributed by atoms with E-state index in [4.69, 9.17) is 0 Å². The Bertz CT molecular complexity index is 425. The van der Waals surface area contributed by atoms with Crippen molar-refractivity contribution in [1.29, 1.82) is 0 Å². The lowest BCUT2D eigenvalue weighted by atomic mass is 10.1. The molecule has 4 heteroatoms. The van der Waals surface area contributed by atoms with E-state index in [1.165, 1.54) is 5.69 Å². The Morgan fingerprint density at radius 2 is 2.21 bits per heavy atom. The number of thioether (sulfide) groups is 1. The van der Waals surface area contributed by atoms with E-state index in [0.29, 0.717) is 11.3 Å². The quantitative estimate of drug-likeness (QED) is 0.912. The molecule has 1 N–H and O–H groups in total. The van der Waals surface area contributed by atoms with Crippen LogP contribution in [0.3, 0.4) is 0 Å². The fourth-order valence-corrected chi connectivity index (χ4v) is 3.61. The third kappa shape index (κ3) is 3.42. The van der Waals surface area contributed by atoms with Crippen LogP contribution in [0, 0.1) is 5.82 Å². The summed E-state index contributed by atoms with van der Waals surface area (Å²) in [6.45, 7) is 9.28. The third-order valence-corrected chi connectivity index (χ3v) is 5.14. The molecular weight excluding hydrogens is 259 g/mol. The molecule has 2 atom stereocenters. The van der Waals surface area contributed by atoms with Crippen LogP contribution < -0.4 is 10.2 Å². The molecule has 0 radical (unpaired) electrons. The van der Waals surface area contributed by atoms with Crippen molar-refractivity contribution in [2.45, 2.75) is 38.6 Å². The van der Waals surface area contributed by atoms with E-state index in [9.17, 15) is 4.39 Å². The minimum absolute atomic E-state index is 0.149. The summed E-state index contributed by atoms with van der Waals surface area (Å²) < 4.78 is 13.5. The molecule has 1 aliphatic heterocycles. The molecule has 19 heavy (non-hydrogen) atoms. The minimum Gasteiger partial charge on any atom is -0.367 e. The maximum atomic E-state index is 13.5. The molecule has 0 aromatic heterocycles. The normalized spacial score (nSPS) is 23.7. The number of halogens is 1. The van der Waals surface area contributed by atoms with Gasteiger partial charge in [0.2, 0.25) is 0 Å². The first-order chi connectivity index (χ1) is 9.13. The molecule has 1 aromatic rings. The van der Waals surface area contributed by atoms with Gasteiger partial charge in [0.25, 0.3) is 0 Å². The smallest absolute Gasteiger partial charge is 0.123 e. The van der Waals surface area contributed by atoms with Gasteiger partial charge < -0.3 is 10.2 Å². The van der Waals surface area contributed by atoms with Crippen molar-refractivity contribution in [3.8, 4) is 0 Å². The summed E-state index contributed by atoms with van der Waals surface area (Å²) in [6, 6.07) is 5.66. The van der Waals surface area contributed by atoms with Gasteiger partial charge in [0.05, 0.1) is 0 Å². The summed E-state index contributed by atoms with van der Waals surface area (Å²) in [5.41, 5.74) is 2.25. The zero-order valence-electron chi connectivity index (χ0n) is 11.9. The average Bonchev–Trinajstić information content (AvgIpc) is 2.40. The van der Waals surface area contributed by atoms with E-state index in [1.807, 2.05) is 17.8 Å². The van der Waals surface area contributed by atoms with Crippen molar-refractivity contribution in [2.75, 3.05) is 23.7 Å². The number of rotatable bonds is 4. The summed E-state index contributed by atoms with van der Waals surface area (Å²) in [5, 5.41) is 3.92. The molecule has 1 heterocycles. The highest BCUT2D eigenvalue weighted by atomic mass is 32.2. The molecule has 2 rings (SSSR count). The van der Waals surface area contributed by atoms with Crippen LogP contribution in [0.15, 0.2) is 18.2 Å². The molecule has 1 saturated heterocycles. The Morgan fingerprint density at radius 3 is 2.95 bits per heavy atom. The monoisotopic (exact) mass is 282 g/mol. The fraction of sp³-hybridized carbons (Fsp3) is 0.600. The molecule has 106 valence electrons. The lowest BCUT2D eigenvalue weighted by Gasteiger charge is -2.40. The Morgan fingerprint density at radius 1 is 1.42 bits per heavy atom. The van der Waals surface area contributed by atoms with Crippen LogP contribution in [0.25, 0.3) is 0 Å². The van der Waals surface area contributed by atoms with Crippen LogP contribution in [-0.4, -0.2) is 30.1 Å². The number of anilines is 1. The second kappa shape index (κ2) is 6.62. The minimum atomic E-state index is -0.149. The van der Waals surface area contributed by atoms with Gasteiger partial charge in [-0.3, -0.25) is 0 Å². The molecule has 0 amide bonds. The van der Waals surface area contributed by atoms with Gasteiger partial charge in [0, 0.05) is 35.8 Å².